The average Bonchev–Trinajstić information content (AvgIpc) is 2.57. The first-order valence-corrected chi connectivity index (χ1v) is 12.0. The van der Waals surface area contributed by atoms with Gasteiger partial charge in [-0.25, -0.2) is 16.8 Å². The zero-order valence-electron chi connectivity index (χ0n) is 15.3. The number of sulfone groups is 1. The minimum Gasteiger partial charge on any atom is -0.345 e. The minimum atomic E-state index is -3.44. The zero-order chi connectivity index (χ0) is 20.2. The number of anilines is 1. The topological polar surface area (TPSA) is 109 Å². The summed E-state index contributed by atoms with van der Waals surface area (Å²) in [4.78, 5) is 12.8. The van der Waals surface area contributed by atoms with Crippen LogP contribution in [0.4, 0.5) is 5.69 Å². The summed E-state index contributed by atoms with van der Waals surface area (Å²) in [6.07, 6.45) is 2.77. The molecule has 0 fully saturated rings. The molecule has 9 heteroatoms. The van der Waals surface area contributed by atoms with Crippen LogP contribution < -0.4 is 10.0 Å². The molecule has 0 aliphatic carbocycles. The Morgan fingerprint density at radius 1 is 1.00 bits per heavy atom. The summed E-state index contributed by atoms with van der Waals surface area (Å²) in [7, 11) is -6.72. The molecule has 2 rings (SSSR count). The number of sulfonamides is 1. The highest BCUT2D eigenvalue weighted by Gasteiger charge is 2.16. The van der Waals surface area contributed by atoms with E-state index in [1.54, 1.807) is 30.3 Å². The first-order valence-electron chi connectivity index (χ1n) is 8.18. The van der Waals surface area contributed by atoms with E-state index in [4.69, 9.17) is 0 Å². The van der Waals surface area contributed by atoms with Crippen molar-refractivity contribution < 1.29 is 21.6 Å². The van der Waals surface area contributed by atoms with Gasteiger partial charge in [-0.3, -0.25) is 9.52 Å². The van der Waals surface area contributed by atoms with Crippen molar-refractivity contribution in [2.24, 2.45) is 0 Å². The Morgan fingerprint density at radius 3 is 2.15 bits per heavy atom. The Labute approximate surface area is 159 Å². The highest BCUT2D eigenvalue weighted by atomic mass is 32.2. The fourth-order valence-corrected chi connectivity index (χ4v) is 3.73. The Bertz CT molecular complexity index is 1030. The summed E-state index contributed by atoms with van der Waals surface area (Å²) >= 11 is 0. The molecule has 2 aromatic rings. The van der Waals surface area contributed by atoms with Crippen LogP contribution in [0.25, 0.3) is 0 Å². The first-order chi connectivity index (χ1) is 12.5. The monoisotopic (exact) mass is 410 g/mol. The van der Waals surface area contributed by atoms with E-state index in [-0.39, 0.29) is 16.8 Å². The van der Waals surface area contributed by atoms with Crippen molar-refractivity contribution in [3.8, 4) is 0 Å². The number of hydrogen-bond acceptors (Lipinski definition) is 5. The lowest BCUT2D eigenvalue weighted by Crippen LogP contribution is -2.28. The van der Waals surface area contributed by atoms with E-state index < -0.39 is 19.9 Å². The summed E-state index contributed by atoms with van der Waals surface area (Å²) < 4.78 is 48.1. The van der Waals surface area contributed by atoms with E-state index in [1.165, 1.54) is 18.2 Å². The van der Waals surface area contributed by atoms with E-state index in [0.717, 1.165) is 18.1 Å². The van der Waals surface area contributed by atoms with E-state index in [2.05, 4.69) is 10.0 Å². The van der Waals surface area contributed by atoms with Gasteiger partial charge in [0.2, 0.25) is 10.0 Å². The largest absolute Gasteiger partial charge is 0.345 e. The van der Waals surface area contributed by atoms with Crippen LogP contribution in [-0.4, -0.2) is 35.3 Å². The Morgan fingerprint density at radius 2 is 1.63 bits per heavy atom. The maximum absolute atomic E-state index is 12.5. The van der Waals surface area contributed by atoms with Crippen LogP contribution in [0.3, 0.4) is 0 Å². The molecule has 0 saturated heterocycles. The Kier molecular flexibility index (Phi) is 6.27. The van der Waals surface area contributed by atoms with Crippen molar-refractivity contribution >= 4 is 31.5 Å². The Balaban J connectivity index is 2.19. The van der Waals surface area contributed by atoms with E-state index in [1.807, 2.05) is 6.92 Å². The van der Waals surface area contributed by atoms with Crippen molar-refractivity contribution in [3.05, 3.63) is 59.7 Å². The maximum Gasteiger partial charge on any atom is 0.251 e. The summed E-state index contributed by atoms with van der Waals surface area (Å²) in [5.41, 5.74) is 1.40. The fraction of sp³-hybridized carbons (Fsp3) is 0.278. The summed E-state index contributed by atoms with van der Waals surface area (Å²) in [5, 5.41) is 2.88. The van der Waals surface area contributed by atoms with Gasteiger partial charge >= 0.3 is 0 Å². The zero-order valence-corrected chi connectivity index (χ0v) is 16.9. The van der Waals surface area contributed by atoms with Gasteiger partial charge in [-0.1, -0.05) is 25.1 Å². The van der Waals surface area contributed by atoms with E-state index in [0.29, 0.717) is 17.7 Å². The maximum atomic E-state index is 12.5. The third-order valence-electron chi connectivity index (χ3n) is 3.85. The molecule has 1 atom stereocenters. The van der Waals surface area contributed by atoms with Crippen LogP contribution in [0.15, 0.2) is 53.4 Å². The summed E-state index contributed by atoms with van der Waals surface area (Å²) in [6, 6.07) is 12.2. The van der Waals surface area contributed by atoms with Gasteiger partial charge in [-0.05, 0) is 42.3 Å². The molecule has 2 aromatic carbocycles. The molecule has 7 nitrogen and oxygen atoms in total. The normalized spacial score (nSPS) is 13.0. The van der Waals surface area contributed by atoms with Crippen molar-refractivity contribution in [2.45, 2.75) is 24.3 Å². The van der Waals surface area contributed by atoms with Gasteiger partial charge in [0.25, 0.3) is 5.91 Å². The standard InChI is InChI=1S/C18H22N2O5S2/c1-4-17(13-8-10-16(11-9-13)26(2,22)23)19-18(21)14-6-5-7-15(12-14)20-27(3,24)25/h5-12,17,20H,4H2,1-3H3,(H,19,21)/t17-/m0/s1. The third kappa shape index (κ3) is 6.07. The molecule has 27 heavy (non-hydrogen) atoms. The quantitative estimate of drug-likeness (QED) is 0.728. The highest BCUT2D eigenvalue weighted by Crippen LogP contribution is 2.20. The van der Waals surface area contributed by atoms with Crippen LogP contribution in [0, 0.1) is 0 Å². The molecule has 0 radical (unpaired) electrons. The highest BCUT2D eigenvalue weighted by molar-refractivity contribution is 7.92. The minimum absolute atomic E-state index is 0.215. The molecule has 0 unspecified atom stereocenters. The Hall–Kier alpha value is -2.39. The van der Waals surface area contributed by atoms with Gasteiger partial charge in [0.1, 0.15) is 0 Å². The molecule has 0 bridgehead atoms. The molecule has 0 aromatic heterocycles. The number of amides is 1. The second-order valence-corrected chi connectivity index (χ2v) is 9.99. The smallest absolute Gasteiger partial charge is 0.251 e. The lowest BCUT2D eigenvalue weighted by atomic mass is 10.0. The van der Waals surface area contributed by atoms with Crippen molar-refractivity contribution in [3.63, 3.8) is 0 Å². The van der Waals surface area contributed by atoms with E-state index >= 15 is 0 Å². The summed E-state index contributed by atoms with van der Waals surface area (Å²) in [5.74, 6) is -0.355. The van der Waals surface area contributed by atoms with Crippen LogP contribution in [-0.2, 0) is 19.9 Å². The SMILES string of the molecule is CC[C@H](NC(=O)c1cccc(NS(C)(=O)=O)c1)c1ccc(S(C)(=O)=O)cc1. The number of nitrogens with one attached hydrogen (secondary N) is 2. The van der Waals surface area contributed by atoms with Gasteiger partial charge in [-0.2, -0.15) is 0 Å². The third-order valence-corrected chi connectivity index (χ3v) is 5.59. The van der Waals surface area contributed by atoms with Gasteiger partial charge < -0.3 is 5.32 Å². The first kappa shape index (κ1) is 20.9. The molecule has 1 amide bonds. The molecule has 0 saturated carbocycles. The summed E-state index contributed by atoms with van der Waals surface area (Å²) in [6.45, 7) is 1.90. The van der Waals surface area contributed by atoms with Gasteiger partial charge in [0.05, 0.1) is 17.2 Å². The molecule has 0 heterocycles. The number of carbonyl (C=O) groups excluding carboxylic acids is 1. The van der Waals surface area contributed by atoms with E-state index in [9.17, 15) is 21.6 Å². The molecule has 0 aliphatic heterocycles. The van der Waals surface area contributed by atoms with Gasteiger partial charge in [0.15, 0.2) is 9.84 Å². The van der Waals surface area contributed by atoms with Gasteiger partial charge in [0, 0.05) is 17.5 Å². The average molecular weight is 411 g/mol. The molecule has 146 valence electrons. The molecular formula is C18H22N2O5S2. The second kappa shape index (κ2) is 8.10. The van der Waals surface area contributed by atoms with Crippen LogP contribution >= 0.6 is 0 Å². The van der Waals surface area contributed by atoms with Crippen molar-refractivity contribution in [2.75, 3.05) is 17.2 Å². The molecule has 0 spiro atoms. The number of hydrogen-bond donors (Lipinski definition) is 2. The molecule has 2 N–H and O–H groups in total. The van der Waals surface area contributed by atoms with Crippen LogP contribution in [0.1, 0.15) is 35.3 Å². The molecular weight excluding hydrogens is 388 g/mol. The number of rotatable bonds is 7. The van der Waals surface area contributed by atoms with Crippen molar-refractivity contribution in [1.82, 2.24) is 5.32 Å². The predicted molar refractivity (Wildman–Crippen MR) is 105 cm³/mol. The molecule has 0 aliphatic rings. The lowest BCUT2D eigenvalue weighted by molar-refractivity contribution is 0.0935. The number of benzene rings is 2. The van der Waals surface area contributed by atoms with Crippen molar-refractivity contribution in [1.29, 1.82) is 0 Å². The lowest BCUT2D eigenvalue weighted by Gasteiger charge is -2.18. The fourth-order valence-electron chi connectivity index (χ4n) is 2.55. The second-order valence-electron chi connectivity index (χ2n) is 6.23. The number of carbonyl (C=O) groups is 1. The van der Waals surface area contributed by atoms with Crippen LogP contribution in [0.2, 0.25) is 0 Å². The van der Waals surface area contributed by atoms with Gasteiger partial charge in [-0.15, -0.1) is 0 Å². The van der Waals surface area contributed by atoms with Crippen LogP contribution in [0.5, 0.6) is 0 Å². The predicted octanol–water partition coefficient (Wildman–Crippen LogP) is 2.34.